The van der Waals surface area contributed by atoms with E-state index in [0.29, 0.717) is 16.3 Å². The topological polar surface area (TPSA) is 55.8 Å². The highest BCUT2D eigenvalue weighted by Gasteiger charge is 2.45. The highest BCUT2D eigenvalue weighted by Crippen LogP contribution is 2.36. The van der Waals surface area contributed by atoms with Crippen LogP contribution in [-0.4, -0.2) is 38.3 Å². The van der Waals surface area contributed by atoms with E-state index in [1.54, 1.807) is 30.4 Å². The number of carbonyl (C=O) groups excluding carboxylic acids is 2. The molecule has 0 aliphatic carbocycles. The van der Waals surface area contributed by atoms with E-state index in [4.69, 9.17) is 16.3 Å². The number of nitrogens with zero attached hydrogens (tertiary/aromatic N) is 1. The summed E-state index contributed by atoms with van der Waals surface area (Å²) in [7, 11) is 1.16. The number of hydrogen-bond acceptors (Lipinski definition) is 4. The summed E-state index contributed by atoms with van der Waals surface area (Å²) in [4.78, 5) is 24.6. The van der Waals surface area contributed by atoms with Crippen LogP contribution in [0.1, 0.15) is 22.3 Å². The third kappa shape index (κ3) is 5.58. The van der Waals surface area contributed by atoms with Gasteiger partial charge in [-0.1, -0.05) is 35.9 Å². The Bertz CT molecular complexity index is 1010. The summed E-state index contributed by atoms with van der Waals surface area (Å²) in [6.45, 7) is -0.123. The Morgan fingerprint density at radius 2 is 2.03 bits per heavy atom. The van der Waals surface area contributed by atoms with Crippen molar-refractivity contribution in [1.82, 2.24) is 0 Å². The van der Waals surface area contributed by atoms with E-state index in [1.165, 1.54) is 18.2 Å². The number of allylic oxidation sites excluding steroid dienone is 1. The number of alkyl halides is 3. The molecule has 1 atom stereocenters. The van der Waals surface area contributed by atoms with Crippen molar-refractivity contribution in [3.63, 3.8) is 0 Å². The Hall–Kier alpha value is -3.00. The lowest BCUT2D eigenvalue weighted by molar-refractivity contribution is -0.170. The van der Waals surface area contributed by atoms with Crippen LogP contribution in [0.4, 0.5) is 18.9 Å². The SMILES string of the molecule is COC(=O)c1ccc2c(c1)N(C(=O)C(F)(F)F)CC(C/C=C\c1cccc(Cl)c1)CO2. The van der Waals surface area contributed by atoms with Crippen LogP contribution in [0.2, 0.25) is 5.02 Å². The van der Waals surface area contributed by atoms with Crippen molar-refractivity contribution in [2.24, 2.45) is 5.92 Å². The molecule has 0 fully saturated rings. The first-order chi connectivity index (χ1) is 14.7. The fourth-order valence-electron chi connectivity index (χ4n) is 3.21. The second-order valence-corrected chi connectivity index (χ2v) is 7.39. The van der Waals surface area contributed by atoms with Gasteiger partial charge in [0.15, 0.2) is 0 Å². The number of hydrogen-bond donors (Lipinski definition) is 0. The largest absolute Gasteiger partial charge is 0.491 e. The predicted molar refractivity (Wildman–Crippen MR) is 110 cm³/mol. The molecule has 0 bridgehead atoms. The Balaban J connectivity index is 1.87. The summed E-state index contributed by atoms with van der Waals surface area (Å²) in [6.07, 6.45) is -1.11. The van der Waals surface area contributed by atoms with Crippen LogP contribution in [-0.2, 0) is 9.53 Å². The minimum Gasteiger partial charge on any atom is -0.491 e. The Morgan fingerprint density at radius 1 is 1.26 bits per heavy atom. The zero-order valence-corrected chi connectivity index (χ0v) is 17.2. The third-order valence-corrected chi connectivity index (χ3v) is 4.94. The van der Waals surface area contributed by atoms with Crippen molar-refractivity contribution in [2.75, 3.05) is 25.2 Å². The van der Waals surface area contributed by atoms with Gasteiger partial charge in [-0.3, -0.25) is 4.79 Å². The number of rotatable bonds is 4. The number of amides is 1. The molecule has 1 aliphatic heterocycles. The first-order valence-electron chi connectivity index (χ1n) is 9.35. The van der Waals surface area contributed by atoms with Gasteiger partial charge in [0, 0.05) is 17.5 Å². The molecule has 1 heterocycles. The minimum atomic E-state index is -5.08. The molecule has 1 aliphatic rings. The highest BCUT2D eigenvalue weighted by molar-refractivity contribution is 6.30. The van der Waals surface area contributed by atoms with Gasteiger partial charge in [0.1, 0.15) is 5.75 Å². The molecule has 0 saturated heterocycles. The van der Waals surface area contributed by atoms with Gasteiger partial charge in [-0.25, -0.2) is 4.79 Å². The molecule has 9 heteroatoms. The van der Waals surface area contributed by atoms with Crippen LogP contribution in [0.5, 0.6) is 5.75 Å². The lowest BCUT2D eigenvalue weighted by Gasteiger charge is -2.25. The number of esters is 1. The molecule has 2 aromatic rings. The van der Waals surface area contributed by atoms with Crippen molar-refractivity contribution >= 4 is 35.2 Å². The molecule has 0 aromatic heterocycles. The van der Waals surface area contributed by atoms with Crippen LogP contribution in [0.15, 0.2) is 48.5 Å². The molecule has 1 unspecified atom stereocenters. The van der Waals surface area contributed by atoms with Gasteiger partial charge in [-0.05, 0) is 42.3 Å². The maximum atomic E-state index is 13.3. The molecular formula is C22H19ClF3NO4. The van der Waals surface area contributed by atoms with Gasteiger partial charge in [-0.15, -0.1) is 0 Å². The first-order valence-corrected chi connectivity index (χ1v) is 9.73. The van der Waals surface area contributed by atoms with Crippen LogP contribution in [0.3, 0.4) is 0 Å². The number of benzene rings is 2. The zero-order valence-electron chi connectivity index (χ0n) is 16.5. The van der Waals surface area contributed by atoms with Gasteiger partial charge in [-0.2, -0.15) is 13.2 Å². The normalized spacial score (nSPS) is 16.4. The summed E-state index contributed by atoms with van der Waals surface area (Å²) in [6, 6.07) is 11.0. The Labute approximate surface area is 182 Å². The van der Waals surface area contributed by atoms with Crippen molar-refractivity contribution < 1.29 is 32.2 Å². The van der Waals surface area contributed by atoms with Gasteiger partial charge in [0.2, 0.25) is 0 Å². The zero-order chi connectivity index (χ0) is 22.6. The second-order valence-electron chi connectivity index (χ2n) is 6.96. The van der Waals surface area contributed by atoms with Crippen molar-refractivity contribution in [3.8, 4) is 5.75 Å². The number of ether oxygens (including phenoxy) is 2. The van der Waals surface area contributed by atoms with Gasteiger partial charge < -0.3 is 14.4 Å². The molecule has 164 valence electrons. The number of fused-ring (bicyclic) bond motifs is 1. The van der Waals surface area contributed by atoms with Gasteiger partial charge in [0.05, 0.1) is 25.0 Å². The first kappa shape index (κ1) is 22.7. The monoisotopic (exact) mass is 453 g/mol. The highest BCUT2D eigenvalue weighted by atomic mass is 35.5. The maximum absolute atomic E-state index is 13.3. The molecule has 2 aromatic carbocycles. The molecule has 3 rings (SSSR count). The van der Waals surface area contributed by atoms with E-state index in [0.717, 1.165) is 12.7 Å². The minimum absolute atomic E-state index is 0.0177. The van der Waals surface area contributed by atoms with Crippen molar-refractivity contribution in [2.45, 2.75) is 12.6 Å². The summed E-state index contributed by atoms with van der Waals surface area (Å²) in [5.74, 6) is -3.07. The second kappa shape index (κ2) is 9.43. The number of anilines is 1. The lowest BCUT2D eigenvalue weighted by Crippen LogP contribution is -2.43. The van der Waals surface area contributed by atoms with Crippen LogP contribution >= 0.6 is 11.6 Å². The molecule has 0 N–H and O–H groups in total. The molecule has 0 spiro atoms. The molecule has 0 saturated carbocycles. The summed E-state index contributed by atoms with van der Waals surface area (Å²) >= 11 is 5.95. The van der Waals surface area contributed by atoms with E-state index < -0.39 is 24.0 Å². The van der Waals surface area contributed by atoms with Crippen molar-refractivity contribution in [3.05, 3.63) is 64.7 Å². The third-order valence-electron chi connectivity index (χ3n) is 4.70. The summed E-state index contributed by atoms with van der Waals surface area (Å²) < 4.78 is 50.1. The van der Waals surface area contributed by atoms with Gasteiger partial charge in [0.25, 0.3) is 0 Å². The van der Waals surface area contributed by atoms with E-state index in [-0.39, 0.29) is 30.2 Å². The summed E-state index contributed by atoms with van der Waals surface area (Å²) in [5.41, 5.74) is 0.743. The van der Waals surface area contributed by atoms with E-state index in [9.17, 15) is 22.8 Å². The lowest BCUT2D eigenvalue weighted by atomic mass is 10.0. The van der Waals surface area contributed by atoms with E-state index >= 15 is 0 Å². The average molecular weight is 454 g/mol. The fraction of sp³-hybridized carbons (Fsp3) is 0.273. The molecule has 5 nitrogen and oxygen atoms in total. The number of methoxy groups -OCH3 is 1. The fourth-order valence-corrected chi connectivity index (χ4v) is 3.41. The summed E-state index contributed by atoms with van der Waals surface area (Å²) in [5, 5.41) is 0.568. The standard InChI is InChI=1S/C22H19ClF3NO4/c1-30-20(28)16-8-9-19-18(11-16)27(21(29)22(24,25)26)12-15(13-31-19)6-2-4-14-5-3-7-17(23)10-14/h2-5,7-11,15H,6,12-13H2,1H3/b4-2-. The predicted octanol–water partition coefficient (Wildman–Crippen LogP) is 5.13. The quantitative estimate of drug-likeness (QED) is 0.602. The number of halogens is 4. The smallest absolute Gasteiger partial charge is 0.471 e. The van der Waals surface area contributed by atoms with Crippen LogP contribution in [0, 0.1) is 5.92 Å². The Morgan fingerprint density at radius 3 is 2.71 bits per heavy atom. The van der Waals surface area contributed by atoms with E-state index in [2.05, 4.69) is 4.74 Å². The molecule has 0 radical (unpaired) electrons. The molecule has 31 heavy (non-hydrogen) atoms. The Kier molecular flexibility index (Phi) is 6.90. The average Bonchev–Trinajstić information content (AvgIpc) is 2.91. The van der Waals surface area contributed by atoms with Crippen molar-refractivity contribution in [1.29, 1.82) is 0 Å². The molecule has 1 amide bonds. The molecular weight excluding hydrogens is 435 g/mol. The maximum Gasteiger partial charge on any atom is 0.471 e. The number of carbonyl (C=O) groups is 2. The van der Waals surface area contributed by atoms with Gasteiger partial charge >= 0.3 is 18.1 Å². The van der Waals surface area contributed by atoms with Crippen LogP contribution in [0.25, 0.3) is 6.08 Å². The van der Waals surface area contributed by atoms with Crippen LogP contribution < -0.4 is 9.64 Å². The van der Waals surface area contributed by atoms with E-state index in [1.807, 2.05) is 6.07 Å².